The lowest BCUT2D eigenvalue weighted by Crippen LogP contribution is -2.53. The highest BCUT2D eigenvalue weighted by molar-refractivity contribution is 5.97. The van der Waals surface area contributed by atoms with E-state index in [-0.39, 0.29) is 11.9 Å². The minimum absolute atomic E-state index is 0.0632. The third kappa shape index (κ3) is 3.12. The molecule has 1 amide bonds. The lowest BCUT2D eigenvalue weighted by Gasteiger charge is -2.41. The Morgan fingerprint density at radius 2 is 1.85 bits per heavy atom. The summed E-state index contributed by atoms with van der Waals surface area (Å²) in [5.41, 5.74) is 4.72. The van der Waals surface area contributed by atoms with Crippen LogP contribution < -0.4 is 4.90 Å². The van der Waals surface area contributed by atoms with Crippen molar-refractivity contribution in [3.8, 4) is 0 Å². The fourth-order valence-corrected chi connectivity index (χ4v) is 3.61. The molecule has 0 bridgehead atoms. The number of piperazine rings is 1. The van der Waals surface area contributed by atoms with Crippen molar-refractivity contribution in [1.82, 2.24) is 14.9 Å². The van der Waals surface area contributed by atoms with E-state index >= 15 is 0 Å². The minimum Gasteiger partial charge on any atom is -0.365 e. The summed E-state index contributed by atoms with van der Waals surface area (Å²) >= 11 is 0. The number of rotatable bonds is 2. The van der Waals surface area contributed by atoms with Crippen LogP contribution in [0.4, 0.5) is 5.69 Å². The monoisotopic (exact) mass is 346 g/mol. The highest BCUT2D eigenvalue weighted by Gasteiger charge is 2.27. The van der Waals surface area contributed by atoms with Crippen molar-refractivity contribution in [2.45, 2.75) is 19.9 Å². The maximum atomic E-state index is 12.9. The average Bonchev–Trinajstić information content (AvgIpc) is 2.67. The van der Waals surface area contributed by atoms with Gasteiger partial charge in [-0.15, -0.1) is 0 Å². The van der Waals surface area contributed by atoms with Crippen LogP contribution in [0.3, 0.4) is 0 Å². The second kappa shape index (κ2) is 6.75. The van der Waals surface area contributed by atoms with E-state index in [9.17, 15) is 4.79 Å². The van der Waals surface area contributed by atoms with E-state index in [1.807, 2.05) is 23.1 Å². The molecule has 1 aliphatic rings. The molecule has 1 aliphatic heterocycles. The van der Waals surface area contributed by atoms with Crippen LogP contribution in [0.2, 0.25) is 0 Å². The molecule has 4 rings (SSSR count). The molecule has 0 N–H and O–H groups in total. The van der Waals surface area contributed by atoms with E-state index in [0.29, 0.717) is 12.1 Å². The number of anilines is 1. The molecule has 132 valence electrons. The SMILES string of the molecule is Cc1cccc(N2CCN(C(=O)c3ccc4nccnc4c3)C[C@H]2C)c1. The van der Waals surface area contributed by atoms with Crippen molar-refractivity contribution >= 4 is 22.6 Å². The number of benzene rings is 2. The number of carbonyl (C=O) groups excluding carboxylic acids is 1. The molecule has 3 aromatic rings. The molecule has 1 saturated heterocycles. The summed E-state index contributed by atoms with van der Waals surface area (Å²) in [6.45, 7) is 6.55. The maximum Gasteiger partial charge on any atom is 0.254 e. The Hall–Kier alpha value is -2.95. The van der Waals surface area contributed by atoms with Crippen LogP contribution in [0.25, 0.3) is 11.0 Å². The van der Waals surface area contributed by atoms with Gasteiger partial charge in [0.1, 0.15) is 0 Å². The first-order valence-electron chi connectivity index (χ1n) is 8.95. The average molecular weight is 346 g/mol. The number of carbonyl (C=O) groups is 1. The van der Waals surface area contributed by atoms with Crippen molar-refractivity contribution in [1.29, 1.82) is 0 Å². The summed E-state index contributed by atoms with van der Waals surface area (Å²) in [5.74, 6) is 0.0632. The zero-order chi connectivity index (χ0) is 18.1. The topological polar surface area (TPSA) is 49.3 Å². The number of fused-ring (bicyclic) bond motifs is 1. The molecular formula is C21H22N4O. The molecule has 0 saturated carbocycles. The lowest BCUT2D eigenvalue weighted by atomic mass is 10.1. The van der Waals surface area contributed by atoms with E-state index in [4.69, 9.17) is 0 Å². The number of amides is 1. The van der Waals surface area contributed by atoms with Crippen LogP contribution >= 0.6 is 0 Å². The van der Waals surface area contributed by atoms with Crippen LogP contribution in [-0.4, -0.2) is 46.5 Å². The number of aryl methyl sites for hydroxylation is 1. The Morgan fingerprint density at radius 1 is 1.04 bits per heavy atom. The molecule has 1 atom stereocenters. The van der Waals surface area contributed by atoms with Gasteiger partial charge in [-0.2, -0.15) is 0 Å². The van der Waals surface area contributed by atoms with Gasteiger partial charge in [0.2, 0.25) is 0 Å². The summed E-state index contributed by atoms with van der Waals surface area (Å²) in [6.07, 6.45) is 3.31. The molecule has 5 heteroatoms. The second-order valence-corrected chi connectivity index (χ2v) is 6.89. The van der Waals surface area contributed by atoms with E-state index < -0.39 is 0 Å². The lowest BCUT2D eigenvalue weighted by molar-refractivity contribution is 0.0726. The van der Waals surface area contributed by atoms with Crippen molar-refractivity contribution in [2.24, 2.45) is 0 Å². The molecule has 5 nitrogen and oxygen atoms in total. The van der Waals surface area contributed by atoms with Gasteiger partial charge in [-0.05, 0) is 49.7 Å². The first-order chi connectivity index (χ1) is 12.6. The Morgan fingerprint density at radius 3 is 2.62 bits per heavy atom. The van der Waals surface area contributed by atoms with Gasteiger partial charge < -0.3 is 9.80 Å². The van der Waals surface area contributed by atoms with E-state index in [0.717, 1.165) is 24.1 Å². The van der Waals surface area contributed by atoms with Crippen LogP contribution in [0, 0.1) is 6.92 Å². The van der Waals surface area contributed by atoms with Gasteiger partial charge in [0, 0.05) is 49.3 Å². The van der Waals surface area contributed by atoms with Gasteiger partial charge in [0.15, 0.2) is 0 Å². The second-order valence-electron chi connectivity index (χ2n) is 6.89. The molecule has 0 spiro atoms. The van der Waals surface area contributed by atoms with Gasteiger partial charge in [-0.3, -0.25) is 14.8 Å². The molecule has 0 aliphatic carbocycles. The predicted molar refractivity (Wildman–Crippen MR) is 103 cm³/mol. The van der Waals surface area contributed by atoms with Gasteiger partial charge in [0.05, 0.1) is 11.0 Å². The standard InChI is InChI=1S/C21H22N4O/c1-15-4-3-5-18(12-15)25-11-10-24(14-16(25)2)21(26)17-6-7-19-20(13-17)23-9-8-22-19/h3-9,12-13,16H,10-11,14H2,1-2H3/t16-/m1/s1. The molecule has 26 heavy (non-hydrogen) atoms. The van der Waals surface area contributed by atoms with Crippen LogP contribution in [-0.2, 0) is 0 Å². The Labute approximate surface area is 153 Å². The quantitative estimate of drug-likeness (QED) is 0.714. The zero-order valence-electron chi connectivity index (χ0n) is 15.1. The number of nitrogens with zero attached hydrogens (tertiary/aromatic N) is 4. The number of aromatic nitrogens is 2. The third-order valence-electron chi connectivity index (χ3n) is 4.96. The largest absolute Gasteiger partial charge is 0.365 e. The normalized spacial score (nSPS) is 17.5. The fraction of sp³-hybridized carbons (Fsp3) is 0.286. The Bertz CT molecular complexity index is 955. The van der Waals surface area contributed by atoms with Gasteiger partial charge in [-0.25, -0.2) is 0 Å². The summed E-state index contributed by atoms with van der Waals surface area (Å²) in [7, 11) is 0. The van der Waals surface area contributed by atoms with Gasteiger partial charge in [0.25, 0.3) is 5.91 Å². The molecular weight excluding hydrogens is 324 g/mol. The summed E-state index contributed by atoms with van der Waals surface area (Å²) in [6, 6.07) is 14.4. The van der Waals surface area contributed by atoms with E-state index in [2.05, 4.69) is 53.0 Å². The molecule has 0 radical (unpaired) electrons. The van der Waals surface area contributed by atoms with Crippen molar-refractivity contribution < 1.29 is 4.79 Å². The molecule has 0 unspecified atom stereocenters. The van der Waals surface area contributed by atoms with Gasteiger partial charge in [-0.1, -0.05) is 12.1 Å². The number of hydrogen-bond donors (Lipinski definition) is 0. The van der Waals surface area contributed by atoms with Crippen LogP contribution in [0.1, 0.15) is 22.8 Å². The van der Waals surface area contributed by atoms with Crippen LogP contribution in [0.15, 0.2) is 54.9 Å². The van der Waals surface area contributed by atoms with Crippen LogP contribution in [0.5, 0.6) is 0 Å². The smallest absolute Gasteiger partial charge is 0.254 e. The van der Waals surface area contributed by atoms with Crippen molar-refractivity contribution in [3.63, 3.8) is 0 Å². The fourth-order valence-electron chi connectivity index (χ4n) is 3.61. The Kier molecular flexibility index (Phi) is 4.29. The maximum absolute atomic E-state index is 12.9. The summed E-state index contributed by atoms with van der Waals surface area (Å²) in [5, 5.41) is 0. The molecule has 1 aromatic heterocycles. The molecule has 2 heterocycles. The number of hydrogen-bond acceptors (Lipinski definition) is 4. The van der Waals surface area contributed by atoms with E-state index in [1.54, 1.807) is 12.4 Å². The Balaban J connectivity index is 1.51. The van der Waals surface area contributed by atoms with E-state index in [1.165, 1.54) is 11.3 Å². The first kappa shape index (κ1) is 16.5. The molecule has 2 aromatic carbocycles. The third-order valence-corrected chi connectivity index (χ3v) is 4.96. The summed E-state index contributed by atoms with van der Waals surface area (Å²) < 4.78 is 0. The van der Waals surface area contributed by atoms with Crippen molar-refractivity contribution in [3.05, 3.63) is 66.0 Å². The van der Waals surface area contributed by atoms with Crippen molar-refractivity contribution in [2.75, 3.05) is 24.5 Å². The summed E-state index contributed by atoms with van der Waals surface area (Å²) in [4.78, 5) is 25.8. The predicted octanol–water partition coefficient (Wildman–Crippen LogP) is 3.29. The zero-order valence-corrected chi connectivity index (χ0v) is 15.1. The highest BCUT2D eigenvalue weighted by Crippen LogP contribution is 2.23. The molecule has 1 fully saturated rings. The van der Waals surface area contributed by atoms with Gasteiger partial charge >= 0.3 is 0 Å². The minimum atomic E-state index is 0.0632. The highest BCUT2D eigenvalue weighted by atomic mass is 16.2. The first-order valence-corrected chi connectivity index (χ1v) is 8.95.